The van der Waals surface area contributed by atoms with Gasteiger partial charge in [0.25, 0.3) is 0 Å². The number of H-pyrrole nitrogens is 1. The predicted molar refractivity (Wildman–Crippen MR) is 126 cm³/mol. The first-order chi connectivity index (χ1) is 16.8. The van der Waals surface area contributed by atoms with Crippen LogP contribution in [0.1, 0.15) is 35.7 Å². The summed E-state index contributed by atoms with van der Waals surface area (Å²) in [4.78, 5) is 22.2. The molecule has 2 aliphatic rings. The molecule has 1 saturated heterocycles. The lowest BCUT2D eigenvalue weighted by Crippen LogP contribution is -2.44. The fourth-order valence-corrected chi connectivity index (χ4v) is 6.11. The quantitative estimate of drug-likeness (QED) is 0.421. The fourth-order valence-electron chi connectivity index (χ4n) is 5.23. The smallest absolute Gasteiger partial charge is 0.342 e. The van der Waals surface area contributed by atoms with Crippen LogP contribution < -0.4 is 10.6 Å². The summed E-state index contributed by atoms with van der Waals surface area (Å²) < 4.78 is 39.8. The number of anilines is 1. The number of nitrogens with two attached hydrogens (primary N) is 1. The molecule has 3 N–H and O–H groups in total. The SMILES string of the molecule is N[C@@H]1c2ccccc2CC12CCN(c1nc3nc(Sc4cccnc4C(F)(F)F)cnc3[nH]1)CC2. The van der Waals surface area contributed by atoms with Crippen LogP contribution in [0.3, 0.4) is 0 Å². The van der Waals surface area contributed by atoms with Gasteiger partial charge in [-0.25, -0.2) is 9.97 Å². The zero-order chi connectivity index (χ0) is 24.2. The number of alkyl halides is 3. The van der Waals surface area contributed by atoms with Crippen molar-refractivity contribution < 1.29 is 13.2 Å². The molecule has 4 heterocycles. The number of fused-ring (bicyclic) bond motifs is 2. The molecule has 1 aliphatic carbocycles. The highest BCUT2D eigenvalue weighted by Gasteiger charge is 2.46. The average molecular weight is 498 g/mol. The van der Waals surface area contributed by atoms with Crippen LogP contribution in [0.2, 0.25) is 0 Å². The summed E-state index contributed by atoms with van der Waals surface area (Å²) >= 11 is 0.870. The van der Waals surface area contributed by atoms with Gasteiger partial charge in [0.15, 0.2) is 17.0 Å². The Morgan fingerprint density at radius 2 is 1.86 bits per heavy atom. The van der Waals surface area contributed by atoms with Crippen LogP contribution in [-0.4, -0.2) is 38.0 Å². The van der Waals surface area contributed by atoms with E-state index in [-0.39, 0.29) is 16.4 Å². The molecule has 11 heteroatoms. The Hall–Kier alpha value is -3.18. The number of aromatic nitrogens is 5. The molecule has 0 unspecified atom stereocenters. The van der Waals surface area contributed by atoms with Crippen molar-refractivity contribution in [3.8, 4) is 0 Å². The van der Waals surface area contributed by atoms with Gasteiger partial charge in [-0.3, -0.25) is 4.98 Å². The summed E-state index contributed by atoms with van der Waals surface area (Å²) in [6, 6.07) is 11.3. The number of nitrogens with zero attached hydrogens (tertiary/aromatic N) is 5. The summed E-state index contributed by atoms with van der Waals surface area (Å²) in [6.07, 6.45) is 0.918. The minimum Gasteiger partial charge on any atom is -0.342 e. The molecule has 0 bridgehead atoms. The summed E-state index contributed by atoms with van der Waals surface area (Å²) in [5, 5.41) is 0.321. The number of hydrogen-bond acceptors (Lipinski definition) is 7. The first-order valence-corrected chi connectivity index (χ1v) is 12.2. The second kappa shape index (κ2) is 8.20. The molecule has 0 amide bonds. The predicted octanol–water partition coefficient (Wildman–Crippen LogP) is 4.76. The number of halogens is 3. The Morgan fingerprint density at radius 3 is 2.63 bits per heavy atom. The van der Waals surface area contributed by atoms with Crippen LogP contribution in [0.5, 0.6) is 0 Å². The second-order valence-corrected chi connectivity index (χ2v) is 10.2. The van der Waals surface area contributed by atoms with Crippen LogP contribution in [-0.2, 0) is 12.6 Å². The van der Waals surface area contributed by atoms with Crippen molar-refractivity contribution in [1.82, 2.24) is 24.9 Å². The molecule has 4 aromatic rings. The van der Waals surface area contributed by atoms with E-state index in [1.54, 1.807) is 0 Å². The monoisotopic (exact) mass is 497 g/mol. The Morgan fingerprint density at radius 1 is 1.06 bits per heavy atom. The third kappa shape index (κ3) is 3.92. The molecule has 35 heavy (non-hydrogen) atoms. The molecule has 0 radical (unpaired) electrons. The largest absolute Gasteiger partial charge is 0.434 e. The van der Waals surface area contributed by atoms with Gasteiger partial charge in [0.05, 0.1) is 6.20 Å². The summed E-state index contributed by atoms with van der Waals surface area (Å²) in [5.74, 6) is 0.665. The minimum atomic E-state index is -4.55. The van der Waals surface area contributed by atoms with Gasteiger partial charge in [0.2, 0.25) is 5.95 Å². The third-order valence-corrected chi connectivity index (χ3v) is 8.03. The first-order valence-electron chi connectivity index (χ1n) is 11.3. The van der Waals surface area contributed by atoms with Crippen LogP contribution in [0.15, 0.2) is 58.7 Å². The molecule has 1 spiro atoms. The molecule has 0 saturated carbocycles. The maximum absolute atomic E-state index is 13.3. The molecule has 6 rings (SSSR count). The van der Waals surface area contributed by atoms with E-state index in [9.17, 15) is 13.2 Å². The van der Waals surface area contributed by atoms with E-state index in [2.05, 4.69) is 48.0 Å². The van der Waals surface area contributed by atoms with Gasteiger partial charge in [-0.05, 0) is 47.9 Å². The number of rotatable bonds is 3. The van der Waals surface area contributed by atoms with Crippen LogP contribution in [0.25, 0.3) is 11.3 Å². The molecule has 7 nitrogen and oxygen atoms in total. The zero-order valence-corrected chi connectivity index (χ0v) is 19.4. The highest BCUT2D eigenvalue weighted by molar-refractivity contribution is 7.99. The second-order valence-electron chi connectivity index (χ2n) is 9.09. The number of benzene rings is 1. The van der Waals surface area contributed by atoms with Gasteiger partial charge in [-0.15, -0.1) is 0 Å². The Labute approximate surface area is 203 Å². The van der Waals surface area contributed by atoms with Crippen molar-refractivity contribution >= 4 is 29.0 Å². The lowest BCUT2D eigenvalue weighted by atomic mass is 9.73. The van der Waals surface area contributed by atoms with Gasteiger partial charge in [-0.1, -0.05) is 36.0 Å². The van der Waals surface area contributed by atoms with Crippen molar-refractivity contribution in [3.63, 3.8) is 0 Å². The number of pyridine rings is 1. The number of piperidine rings is 1. The van der Waals surface area contributed by atoms with E-state index < -0.39 is 11.9 Å². The van der Waals surface area contributed by atoms with Crippen molar-refractivity contribution in [3.05, 3.63) is 65.6 Å². The maximum Gasteiger partial charge on any atom is 0.434 e. The fraction of sp³-hybridized carbons (Fsp3) is 0.333. The van der Waals surface area contributed by atoms with E-state index in [1.807, 2.05) is 6.07 Å². The summed E-state index contributed by atoms with van der Waals surface area (Å²) in [5.41, 5.74) is 9.27. The van der Waals surface area contributed by atoms with Gasteiger partial charge in [0.1, 0.15) is 5.03 Å². The van der Waals surface area contributed by atoms with Gasteiger partial charge >= 0.3 is 6.18 Å². The van der Waals surface area contributed by atoms with Crippen LogP contribution in [0.4, 0.5) is 19.1 Å². The molecule has 1 aliphatic heterocycles. The highest BCUT2D eigenvalue weighted by atomic mass is 32.2. The number of hydrogen-bond donors (Lipinski definition) is 2. The van der Waals surface area contributed by atoms with Crippen LogP contribution in [0, 0.1) is 5.41 Å². The minimum absolute atomic E-state index is 0.0281. The normalized spacial score (nSPS) is 19.4. The molecule has 1 fully saturated rings. The van der Waals surface area contributed by atoms with Crippen LogP contribution >= 0.6 is 11.8 Å². The van der Waals surface area contributed by atoms with Crippen molar-refractivity contribution in [2.75, 3.05) is 18.0 Å². The zero-order valence-electron chi connectivity index (χ0n) is 18.6. The maximum atomic E-state index is 13.3. The Kier molecular flexibility index (Phi) is 5.22. The Bertz CT molecular complexity index is 1400. The molecule has 3 aromatic heterocycles. The highest BCUT2D eigenvalue weighted by Crippen LogP contribution is 2.50. The van der Waals surface area contributed by atoms with E-state index in [1.165, 1.54) is 29.5 Å². The van der Waals surface area contributed by atoms with Gasteiger partial charge in [0, 0.05) is 30.2 Å². The van der Waals surface area contributed by atoms with Gasteiger partial charge < -0.3 is 15.6 Å². The topological polar surface area (TPSA) is 96.6 Å². The van der Waals surface area contributed by atoms with E-state index in [4.69, 9.17) is 5.73 Å². The van der Waals surface area contributed by atoms with E-state index in [0.29, 0.717) is 22.3 Å². The van der Waals surface area contributed by atoms with Crippen molar-refractivity contribution in [2.24, 2.45) is 11.1 Å². The Balaban J connectivity index is 1.19. The summed E-state index contributed by atoms with van der Waals surface area (Å²) in [7, 11) is 0. The van der Waals surface area contributed by atoms with Crippen molar-refractivity contribution in [1.29, 1.82) is 0 Å². The lowest BCUT2D eigenvalue weighted by molar-refractivity contribution is -0.143. The molecule has 180 valence electrons. The number of imidazole rings is 1. The molecular weight excluding hydrogens is 475 g/mol. The third-order valence-electron chi connectivity index (χ3n) is 7.08. The standard InChI is InChI=1S/C24H22F3N7S/c25-24(26,27)19-16(6-3-9-29-19)35-17-13-30-20-21(31-17)33-22(32-20)34-10-7-23(8-11-34)12-14-4-1-2-5-15(14)18(23)28/h1-6,9,13,18H,7-8,10-12,28H2,(H,30,31,32,33)/t18-/m1/s1. The van der Waals surface area contributed by atoms with E-state index >= 15 is 0 Å². The number of aromatic amines is 1. The molecule has 1 aromatic carbocycles. The lowest BCUT2D eigenvalue weighted by Gasteiger charge is -2.42. The number of nitrogens with one attached hydrogen (secondary N) is 1. The first kappa shape index (κ1) is 22.3. The van der Waals surface area contributed by atoms with Gasteiger partial charge in [-0.2, -0.15) is 18.2 Å². The van der Waals surface area contributed by atoms with Crippen molar-refractivity contribution in [2.45, 2.75) is 41.4 Å². The average Bonchev–Trinajstić information content (AvgIpc) is 3.38. The molecular formula is C24H22F3N7S. The molecule has 1 atom stereocenters. The summed E-state index contributed by atoms with van der Waals surface area (Å²) in [6.45, 7) is 1.60. The van der Waals surface area contributed by atoms with E-state index in [0.717, 1.165) is 50.3 Å².